The molecule has 0 aromatic carbocycles. The summed E-state index contributed by atoms with van der Waals surface area (Å²) >= 11 is 0. The number of nitrogens with one attached hydrogen (secondary N) is 1. The first-order valence-corrected chi connectivity index (χ1v) is 5.89. The minimum absolute atomic E-state index is 0.348. The highest BCUT2D eigenvalue weighted by Crippen LogP contribution is 2.22. The molecule has 0 radical (unpaired) electrons. The molecule has 0 amide bonds. The van der Waals surface area contributed by atoms with Crippen LogP contribution in [-0.4, -0.2) is 18.8 Å². The lowest BCUT2D eigenvalue weighted by Gasteiger charge is -2.25. The van der Waals surface area contributed by atoms with Crippen LogP contribution in [0, 0.1) is 5.92 Å². The summed E-state index contributed by atoms with van der Waals surface area (Å²) in [5, 5.41) is 0. The Morgan fingerprint density at radius 1 is 1.43 bits per heavy atom. The lowest BCUT2D eigenvalue weighted by Crippen LogP contribution is -2.44. The largest absolute Gasteiger partial charge is 0.377 e. The van der Waals surface area contributed by atoms with Crippen LogP contribution in [0.25, 0.3) is 0 Å². The van der Waals surface area contributed by atoms with Gasteiger partial charge in [-0.15, -0.1) is 0 Å². The fourth-order valence-corrected chi connectivity index (χ4v) is 2.23. The molecule has 1 aliphatic heterocycles. The first-order chi connectivity index (χ1) is 6.81. The van der Waals surface area contributed by atoms with Crippen molar-refractivity contribution in [1.29, 1.82) is 0 Å². The van der Waals surface area contributed by atoms with Gasteiger partial charge in [0.2, 0.25) is 0 Å². The average molecular weight is 200 g/mol. The Morgan fingerprint density at radius 2 is 2.14 bits per heavy atom. The summed E-state index contributed by atoms with van der Waals surface area (Å²) < 4.78 is 5.65. The predicted molar refractivity (Wildman–Crippen MR) is 58.8 cm³/mol. The van der Waals surface area contributed by atoms with Gasteiger partial charge in [0.25, 0.3) is 0 Å². The minimum Gasteiger partial charge on any atom is -0.377 e. The Labute approximate surface area is 87.4 Å². The third-order valence-corrected chi connectivity index (χ3v) is 3.37. The van der Waals surface area contributed by atoms with Crippen LogP contribution in [0.5, 0.6) is 0 Å². The lowest BCUT2D eigenvalue weighted by atomic mass is 9.92. The summed E-state index contributed by atoms with van der Waals surface area (Å²) in [5.41, 5.74) is 2.92. The molecule has 0 bridgehead atoms. The van der Waals surface area contributed by atoms with E-state index in [4.69, 9.17) is 10.6 Å². The molecule has 3 N–H and O–H groups in total. The summed E-state index contributed by atoms with van der Waals surface area (Å²) in [7, 11) is 0. The van der Waals surface area contributed by atoms with E-state index in [1.165, 1.54) is 19.3 Å². The average Bonchev–Trinajstić information content (AvgIpc) is 2.73. The van der Waals surface area contributed by atoms with Crippen molar-refractivity contribution in [3.8, 4) is 0 Å². The lowest BCUT2D eigenvalue weighted by molar-refractivity contribution is 0.0692. The summed E-state index contributed by atoms with van der Waals surface area (Å²) in [5.74, 6) is 6.36. The van der Waals surface area contributed by atoms with Gasteiger partial charge in [0.1, 0.15) is 0 Å². The summed E-state index contributed by atoms with van der Waals surface area (Å²) in [6.45, 7) is 5.40. The minimum atomic E-state index is 0.348. The molecule has 3 heteroatoms. The van der Waals surface area contributed by atoms with E-state index in [2.05, 4.69) is 19.3 Å². The molecule has 14 heavy (non-hydrogen) atoms. The van der Waals surface area contributed by atoms with Gasteiger partial charge in [0.15, 0.2) is 0 Å². The second-order valence-corrected chi connectivity index (χ2v) is 4.24. The topological polar surface area (TPSA) is 47.3 Å². The van der Waals surface area contributed by atoms with E-state index in [1.54, 1.807) is 0 Å². The van der Waals surface area contributed by atoms with Crippen molar-refractivity contribution in [2.45, 2.75) is 58.1 Å². The highest BCUT2D eigenvalue weighted by Gasteiger charge is 2.26. The van der Waals surface area contributed by atoms with Gasteiger partial charge in [-0.05, 0) is 25.2 Å². The highest BCUT2D eigenvalue weighted by atomic mass is 16.5. The molecule has 0 spiro atoms. The Morgan fingerprint density at radius 3 is 2.57 bits per heavy atom. The zero-order valence-corrected chi connectivity index (χ0v) is 9.46. The molecule has 1 heterocycles. The van der Waals surface area contributed by atoms with Crippen molar-refractivity contribution in [2.75, 3.05) is 6.61 Å². The van der Waals surface area contributed by atoms with E-state index in [-0.39, 0.29) is 0 Å². The molecule has 2 unspecified atom stereocenters. The van der Waals surface area contributed by atoms with E-state index in [1.807, 2.05) is 0 Å². The smallest absolute Gasteiger partial charge is 0.0742 e. The van der Waals surface area contributed by atoms with Gasteiger partial charge in [-0.3, -0.25) is 11.3 Å². The predicted octanol–water partition coefficient (Wildman–Crippen LogP) is 1.82. The van der Waals surface area contributed by atoms with E-state index in [0.29, 0.717) is 12.1 Å². The first kappa shape index (κ1) is 12.0. The monoisotopic (exact) mass is 200 g/mol. The Kier molecular flexibility index (Phi) is 5.45. The highest BCUT2D eigenvalue weighted by molar-refractivity contribution is 4.80. The summed E-state index contributed by atoms with van der Waals surface area (Å²) in [6, 6.07) is 0.349. The number of hydrazine groups is 1. The fraction of sp³-hybridized carbons (Fsp3) is 1.00. The zero-order valence-electron chi connectivity index (χ0n) is 9.46. The third kappa shape index (κ3) is 3.23. The first-order valence-electron chi connectivity index (χ1n) is 5.89. The van der Waals surface area contributed by atoms with Gasteiger partial charge in [-0.1, -0.05) is 26.7 Å². The molecule has 84 valence electrons. The number of nitrogens with two attached hydrogens (primary N) is 1. The van der Waals surface area contributed by atoms with Crippen molar-refractivity contribution in [3.05, 3.63) is 0 Å². The van der Waals surface area contributed by atoms with Crippen LogP contribution in [0.15, 0.2) is 0 Å². The number of ether oxygens (including phenoxy) is 1. The number of hydrogen-bond acceptors (Lipinski definition) is 3. The van der Waals surface area contributed by atoms with Crippen LogP contribution < -0.4 is 11.3 Å². The molecule has 1 rings (SSSR count). The van der Waals surface area contributed by atoms with Crippen LogP contribution in [0.4, 0.5) is 0 Å². The second-order valence-electron chi connectivity index (χ2n) is 4.24. The molecule has 0 aromatic rings. The molecule has 1 aliphatic rings. The van der Waals surface area contributed by atoms with Crippen LogP contribution in [0.3, 0.4) is 0 Å². The van der Waals surface area contributed by atoms with Crippen molar-refractivity contribution in [1.82, 2.24) is 5.43 Å². The van der Waals surface area contributed by atoms with E-state index < -0.39 is 0 Å². The molecular weight excluding hydrogens is 176 g/mol. The van der Waals surface area contributed by atoms with E-state index in [0.717, 1.165) is 25.4 Å². The zero-order chi connectivity index (χ0) is 10.4. The normalized spacial score (nSPS) is 24.4. The van der Waals surface area contributed by atoms with Gasteiger partial charge in [0.05, 0.1) is 6.10 Å². The maximum atomic E-state index is 5.65. The molecule has 0 aliphatic carbocycles. The van der Waals surface area contributed by atoms with Gasteiger partial charge in [0, 0.05) is 12.6 Å². The van der Waals surface area contributed by atoms with Crippen molar-refractivity contribution in [3.63, 3.8) is 0 Å². The van der Waals surface area contributed by atoms with E-state index in [9.17, 15) is 0 Å². The molecule has 2 atom stereocenters. The Hall–Kier alpha value is -0.120. The van der Waals surface area contributed by atoms with Crippen molar-refractivity contribution in [2.24, 2.45) is 11.8 Å². The summed E-state index contributed by atoms with van der Waals surface area (Å²) in [4.78, 5) is 0. The van der Waals surface area contributed by atoms with Gasteiger partial charge >= 0.3 is 0 Å². The second kappa shape index (κ2) is 6.38. The van der Waals surface area contributed by atoms with Crippen molar-refractivity contribution < 1.29 is 4.74 Å². The van der Waals surface area contributed by atoms with Crippen LogP contribution in [0.1, 0.15) is 46.0 Å². The molecule has 0 saturated carbocycles. The number of hydrogen-bond donors (Lipinski definition) is 2. The van der Waals surface area contributed by atoms with Crippen molar-refractivity contribution >= 4 is 0 Å². The number of rotatable bonds is 6. The Balaban J connectivity index is 2.36. The molecule has 1 saturated heterocycles. The Bertz CT molecular complexity index is 142. The maximum absolute atomic E-state index is 5.65. The molecular formula is C11H24N2O. The maximum Gasteiger partial charge on any atom is 0.0742 e. The van der Waals surface area contributed by atoms with Gasteiger partial charge < -0.3 is 4.74 Å². The quantitative estimate of drug-likeness (QED) is 0.508. The molecule has 3 nitrogen and oxygen atoms in total. The van der Waals surface area contributed by atoms with Crippen LogP contribution >= 0.6 is 0 Å². The SMILES string of the molecule is CCC(CC)CC(NN)C1CCCO1. The summed E-state index contributed by atoms with van der Waals surface area (Å²) in [6.07, 6.45) is 6.32. The van der Waals surface area contributed by atoms with Crippen LogP contribution in [0.2, 0.25) is 0 Å². The van der Waals surface area contributed by atoms with Gasteiger partial charge in [-0.2, -0.15) is 0 Å². The van der Waals surface area contributed by atoms with Gasteiger partial charge in [-0.25, -0.2) is 0 Å². The third-order valence-electron chi connectivity index (χ3n) is 3.37. The van der Waals surface area contributed by atoms with Crippen LogP contribution in [-0.2, 0) is 4.74 Å². The standard InChI is InChI=1S/C11H24N2O/c1-3-9(4-2)8-10(13-12)11-6-5-7-14-11/h9-11,13H,3-8,12H2,1-2H3. The molecule has 1 fully saturated rings. The fourth-order valence-electron chi connectivity index (χ4n) is 2.23. The van der Waals surface area contributed by atoms with E-state index >= 15 is 0 Å². The molecule has 0 aromatic heterocycles.